The van der Waals surface area contributed by atoms with Gasteiger partial charge in [0, 0.05) is 11.6 Å². The summed E-state index contributed by atoms with van der Waals surface area (Å²) in [4.78, 5) is 9.66. The Morgan fingerprint density at radius 3 is 2.47 bits per heavy atom. The molecule has 0 saturated carbocycles. The molecule has 0 aliphatic carbocycles. The molecule has 0 bridgehead atoms. The van der Waals surface area contributed by atoms with Crippen molar-refractivity contribution < 1.29 is 23.2 Å². The first-order valence-corrected chi connectivity index (χ1v) is 4.49. The van der Waals surface area contributed by atoms with Gasteiger partial charge < -0.3 is 10.8 Å². The number of nitro groups is 1. The predicted molar refractivity (Wildman–Crippen MR) is 52.1 cm³/mol. The molecule has 94 valence electrons. The van der Waals surface area contributed by atoms with E-state index < -0.39 is 35.0 Å². The second-order valence-electron chi connectivity index (χ2n) is 3.32. The first kappa shape index (κ1) is 13.4. The number of hydrogen-bond acceptors (Lipinski definition) is 4. The van der Waals surface area contributed by atoms with Gasteiger partial charge in [-0.1, -0.05) is 0 Å². The van der Waals surface area contributed by atoms with Crippen molar-refractivity contribution in [2.75, 3.05) is 6.61 Å². The van der Waals surface area contributed by atoms with E-state index in [4.69, 9.17) is 10.8 Å². The summed E-state index contributed by atoms with van der Waals surface area (Å²) in [5.41, 5.74) is 3.35. The molecule has 8 heteroatoms. The Balaban J connectivity index is 3.32. The van der Waals surface area contributed by atoms with Gasteiger partial charge in [0.05, 0.1) is 23.1 Å². The molecule has 0 heterocycles. The highest BCUT2D eigenvalue weighted by Gasteiger charge is 2.33. The van der Waals surface area contributed by atoms with Crippen LogP contribution < -0.4 is 5.73 Å². The first-order chi connectivity index (χ1) is 7.77. The lowest BCUT2D eigenvalue weighted by Gasteiger charge is -2.11. The molecule has 17 heavy (non-hydrogen) atoms. The monoisotopic (exact) mass is 250 g/mol. The second kappa shape index (κ2) is 4.68. The number of nitrogens with zero attached hydrogens (tertiary/aromatic N) is 1. The molecule has 0 aliphatic heterocycles. The highest BCUT2D eigenvalue weighted by molar-refractivity contribution is 5.46. The summed E-state index contributed by atoms with van der Waals surface area (Å²) < 4.78 is 37.0. The molecule has 0 fully saturated rings. The van der Waals surface area contributed by atoms with Gasteiger partial charge in [-0.3, -0.25) is 10.1 Å². The predicted octanol–water partition coefficient (Wildman–Crippen LogP) is 1.61. The van der Waals surface area contributed by atoms with Gasteiger partial charge in [0.1, 0.15) is 0 Å². The molecule has 3 N–H and O–H groups in total. The van der Waals surface area contributed by atoms with Crippen molar-refractivity contribution in [1.29, 1.82) is 0 Å². The molecule has 5 nitrogen and oxygen atoms in total. The van der Waals surface area contributed by atoms with E-state index in [1.807, 2.05) is 0 Å². The van der Waals surface area contributed by atoms with Gasteiger partial charge in [-0.15, -0.1) is 0 Å². The highest BCUT2D eigenvalue weighted by Crippen LogP contribution is 2.34. The number of alkyl halides is 3. The van der Waals surface area contributed by atoms with Gasteiger partial charge in [-0.25, -0.2) is 0 Å². The summed E-state index contributed by atoms with van der Waals surface area (Å²) in [5.74, 6) is 0. The fraction of sp³-hybridized carbons (Fsp3) is 0.333. The van der Waals surface area contributed by atoms with Crippen molar-refractivity contribution in [2.24, 2.45) is 5.73 Å². The number of benzene rings is 1. The molecule has 1 unspecified atom stereocenters. The Bertz CT molecular complexity index is 434. The molecule has 1 aromatic carbocycles. The summed E-state index contributed by atoms with van der Waals surface area (Å²) in [6.07, 6.45) is -4.66. The Morgan fingerprint density at radius 2 is 2.06 bits per heavy atom. The third-order valence-corrected chi connectivity index (χ3v) is 2.15. The lowest BCUT2D eigenvalue weighted by molar-refractivity contribution is -0.386. The van der Waals surface area contributed by atoms with E-state index in [9.17, 15) is 23.3 Å². The number of rotatable bonds is 3. The maximum Gasteiger partial charge on any atom is 0.416 e. The van der Waals surface area contributed by atoms with Crippen LogP contribution in [0.5, 0.6) is 0 Å². The van der Waals surface area contributed by atoms with E-state index in [-0.39, 0.29) is 5.56 Å². The Morgan fingerprint density at radius 1 is 1.47 bits per heavy atom. The van der Waals surface area contributed by atoms with Crippen LogP contribution >= 0.6 is 0 Å². The SMILES string of the molecule is NC(CO)c1ccc(C(F)(F)F)cc1[N+](=O)[O-]. The number of hydrogen-bond donors (Lipinski definition) is 2. The summed E-state index contributed by atoms with van der Waals surface area (Å²) >= 11 is 0. The van der Waals surface area contributed by atoms with Gasteiger partial charge in [0.25, 0.3) is 5.69 Å². The van der Waals surface area contributed by atoms with Crippen molar-refractivity contribution in [3.05, 3.63) is 39.4 Å². The molecule has 0 radical (unpaired) electrons. The van der Waals surface area contributed by atoms with Crippen LogP contribution in [0.2, 0.25) is 0 Å². The summed E-state index contributed by atoms with van der Waals surface area (Å²) in [6, 6.07) is 0.919. The van der Waals surface area contributed by atoms with Gasteiger partial charge in [-0.05, 0) is 12.1 Å². The number of aliphatic hydroxyl groups is 1. The maximum absolute atomic E-state index is 12.3. The zero-order chi connectivity index (χ0) is 13.2. The first-order valence-electron chi connectivity index (χ1n) is 4.49. The lowest BCUT2D eigenvalue weighted by atomic mass is 10.0. The molecular formula is C9H9F3N2O3. The highest BCUT2D eigenvalue weighted by atomic mass is 19.4. The second-order valence-corrected chi connectivity index (χ2v) is 3.32. The Kier molecular flexibility index (Phi) is 3.69. The van der Waals surface area contributed by atoms with Gasteiger partial charge in [0.15, 0.2) is 0 Å². The van der Waals surface area contributed by atoms with E-state index in [0.29, 0.717) is 12.1 Å². The number of nitro benzene ring substituents is 1. The van der Waals surface area contributed by atoms with Crippen LogP contribution in [0, 0.1) is 10.1 Å². The van der Waals surface area contributed by atoms with E-state index in [1.165, 1.54) is 0 Å². The van der Waals surface area contributed by atoms with Crippen molar-refractivity contribution in [1.82, 2.24) is 0 Å². The molecular weight excluding hydrogens is 241 g/mol. The fourth-order valence-corrected chi connectivity index (χ4v) is 1.29. The van der Waals surface area contributed by atoms with Crippen molar-refractivity contribution in [2.45, 2.75) is 12.2 Å². The van der Waals surface area contributed by atoms with E-state index >= 15 is 0 Å². The standard InChI is InChI=1S/C9H9F3N2O3/c10-9(11,12)5-1-2-6(7(13)4-15)8(3-5)14(16)17/h1-3,7,15H,4,13H2. The summed E-state index contributed by atoms with van der Waals surface area (Å²) in [5, 5.41) is 19.4. The molecule has 1 aromatic rings. The van der Waals surface area contributed by atoms with Crippen molar-refractivity contribution >= 4 is 5.69 Å². The fourth-order valence-electron chi connectivity index (χ4n) is 1.29. The van der Waals surface area contributed by atoms with Crippen LogP contribution in [-0.2, 0) is 6.18 Å². The molecule has 0 amide bonds. The van der Waals surface area contributed by atoms with Crippen molar-refractivity contribution in [3.63, 3.8) is 0 Å². The van der Waals surface area contributed by atoms with E-state index in [0.717, 1.165) is 6.07 Å². The average molecular weight is 250 g/mol. The minimum absolute atomic E-state index is 0.134. The summed E-state index contributed by atoms with van der Waals surface area (Å²) in [7, 11) is 0. The molecule has 0 saturated heterocycles. The van der Waals surface area contributed by atoms with Crippen LogP contribution in [0.25, 0.3) is 0 Å². The molecule has 0 aliphatic rings. The average Bonchev–Trinajstić information content (AvgIpc) is 2.25. The van der Waals surface area contributed by atoms with Crippen LogP contribution in [0.3, 0.4) is 0 Å². The molecule has 1 atom stereocenters. The normalized spacial score (nSPS) is 13.5. The maximum atomic E-state index is 12.3. The number of aliphatic hydroxyl groups excluding tert-OH is 1. The van der Waals surface area contributed by atoms with Crippen LogP contribution in [0.4, 0.5) is 18.9 Å². The smallest absolute Gasteiger partial charge is 0.394 e. The van der Waals surface area contributed by atoms with Crippen LogP contribution in [0.15, 0.2) is 18.2 Å². The van der Waals surface area contributed by atoms with Crippen molar-refractivity contribution in [3.8, 4) is 0 Å². The number of nitrogens with two attached hydrogens (primary N) is 1. The minimum Gasteiger partial charge on any atom is -0.394 e. The van der Waals surface area contributed by atoms with Gasteiger partial charge in [-0.2, -0.15) is 13.2 Å². The van der Waals surface area contributed by atoms with Gasteiger partial charge >= 0.3 is 6.18 Å². The van der Waals surface area contributed by atoms with E-state index in [1.54, 1.807) is 0 Å². The van der Waals surface area contributed by atoms with E-state index in [2.05, 4.69) is 0 Å². The van der Waals surface area contributed by atoms with Crippen LogP contribution in [0.1, 0.15) is 17.2 Å². The quantitative estimate of drug-likeness (QED) is 0.629. The van der Waals surface area contributed by atoms with Crippen LogP contribution in [-0.4, -0.2) is 16.6 Å². The third kappa shape index (κ3) is 2.92. The molecule has 0 spiro atoms. The lowest BCUT2D eigenvalue weighted by Crippen LogP contribution is -2.17. The largest absolute Gasteiger partial charge is 0.416 e. The number of halogens is 3. The Hall–Kier alpha value is -1.67. The molecule has 1 rings (SSSR count). The minimum atomic E-state index is -4.66. The summed E-state index contributed by atoms with van der Waals surface area (Å²) in [6.45, 7) is -0.591. The third-order valence-electron chi connectivity index (χ3n) is 2.15. The zero-order valence-electron chi connectivity index (χ0n) is 8.44. The van der Waals surface area contributed by atoms with Gasteiger partial charge in [0.2, 0.25) is 0 Å². The Labute approximate surface area is 93.8 Å². The zero-order valence-corrected chi connectivity index (χ0v) is 8.44. The topological polar surface area (TPSA) is 89.4 Å². The molecule has 0 aromatic heterocycles.